The van der Waals surface area contributed by atoms with Crippen molar-refractivity contribution in [2.45, 2.75) is 154 Å². The number of rotatable bonds is 17. The third kappa shape index (κ3) is 7.73. The zero-order chi connectivity index (χ0) is 21.6. The van der Waals surface area contributed by atoms with Crippen molar-refractivity contribution in [2.75, 3.05) is 26.2 Å². The maximum absolute atomic E-state index is 2.92. The Labute approximate surface area is 195 Å². The van der Waals surface area contributed by atoms with Crippen LogP contribution in [0, 0.1) is 5.92 Å². The van der Waals surface area contributed by atoms with Gasteiger partial charge in [-0.1, -0.05) is 122 Å². The lowest BCUT2D eigenvalue weighted by Gasteiger charge is -2.66. The molecule has 3 saturated heterocycles. The highest BCUT2D eigenvalue weighted by atomic mass is 15.5. The molecule has 2 unspecified atom stereocenters. The molecule has 182 valence electrons. The lowest BCUT2D eigenvalue weighted by molar-refractivity contribution is -0.210. The molecule has 0 saturated carbocycles. The van der Waals surface area contributed by atoms with Gasteiger partial charge in [0, 0.05) is 25.6 Å². The van der Waals surface area contributed by atoms with Gasteiger partial charge in [0.15, 0.2) is 0 Å². The van der Waals surface area contributed by atoms with Crippen molar-refractivity contribution in [3.05, 3.63) is 0 Å². The van der Waals surface area contributed by atoms with Crippen LogP contribution in [0.1, 0.15) is 148 Å². The molecule has 3 fully saturated rings. The van der Waals surface area contributed by atoms with Crippen LogP contribution in [0.2, 0.25) is 0 Å². The molecule has 0 aromatic rings. The number of nitrogens with zero attached hydrogens (tertiary/aromatic N) is 2. The van der Waals surface area contributed by atoms with Crippen molar-refractivity contribution >= 4 is 0 Å². The molecule has 0 radical (unpaired) electrons. The largest absolute Gasteiger partial charge is 0.285 e. The summed E-state index contributed by atoms with van der Waals surface area (Å²) in [5, 5.41) is 0. The topological polar surface area (TPSA) is 6.48 Å². The Kier molecular flexibility index (Phi) is 12.3. The van der Waals surface area contributed by atoms with Gasteiger partial charge in [0.25, 0.3) is 0 Å². The normalized spacial score (nSPS) is 26.8. The number of hydrogen-bond donors (Lipinski definition) is 0. The summed E-state index contributed by atoms with van der Waals surface area (Å²) in [6.07, 6.45) is 32.4. The first-order valence-corrected chi connectivity index (χ1v) is 14.9. The molecule has 0 N–H and O–H groups in total. The van der Waals surface area contributed by atoms with Crippen LogP contribution < -0.4 is 0 Å². The van der Waals surface area contributed by atoms with Crippen LogP contribution in [-0.4, -0.2) is 41.6 Å². The van der Waals surface area contributed by atoms with Gasteiger partial charge in [-0.3, -0.25) is 9.80 Å². The third-order valence-electron chi connectivity index (χ3n) is 8.92. The fourth-order valence-corrected chi connectivity index (χ4v) is 7.06. The van der Waals surface area contributed by atoms with Gasteiger partial charge in [0.2, 0.25) is 0 Å². The van der Waals surface area contributed by atoms with Crippen molar-refractivity contribution in [1.82, 2.24) is 9.80 Å². The Hall–Kier alpha value is -0.0800. The first kappa shape index (κ1) is 25.5. The fraction of sp³-hybridized carbons (Fsp3) is 1.00. The summed E-state index contributed by atoms with van der Waals surface area (Å²) in [5.41, 5.74) is 0.518. The minimum Gasteiger partial charge on any atom is -0.285 e. The first-order chi connectivity index (χ1) is 15.4. The maximum Gasteiger partial charge on any atom is 0.0779 e. The van der Waals surface area contributed by atoms with E-state index in [0.29, 0.717) is 5.66 Å². The van der Waals surface area contributed by atoms with Gasteiger partial charge in [-0.25, -0.2) is 0 Å². The monoisotopic (exact) mass is 432 g/mol. The second kappa shape index (κ2) is 14.9. The summed E-state index contributed by atoms with van der Waals surface area (Å²) < 4.78 is 0. The van der Waals surface area contributed by atoms with Gasteiger partial charge in [0.05, 0.1) is 5.66 Å². The Balaban J connectivity index is 1.12. The molecule has 31 heavy (non-hydrogen) atoms. The molecule has 1 spiro atoms. The van der Waals surface area contributed by atoms with E-state index in [1.54, 1.807) is 0 Å². The summed E-state index contributed by atoms with van der Waals surface area (Å²) >= 11 is 0. The SMILES string of the molecule is CCCCCCCCCCCCCCCCCCC1CN2CCCN3CCCCCC132. The van der Waals surface area contributed by atoms with Crippen molar-refractivity contribution < 1.29 is 0 Å². The van der Waals surface area contributed by atoms with Crippen LogP contribution in [0.4, 0.5) is 0 Å². The minimum absolute atomic E-state index is 0.518. The fourth-order valence-electron chi connectivity index (χ4n) is 7.06. The molecule has 0 aliphatic carbocycles. The maximum atomic E-state index is 2.92. The van der Waals surface area contributed by atoms with E-state index in [9.17, 15) is 0 Å². The molecule has 0 bridgehead atoms. The zero-order valence-electron chi connectivity index (χ0n) is 21.4. The van der Waals surface area contributed by atoms with E-state index >= 15 is 0 Å². The van der Waals surface area contributed by atoms with Crippen molar-refractivity contribution in [3.63, 3.8) is 0 Å². The quantitative estimate of drug-likeness (QED) is 0.212. The summed E-state index contributed by atoms with van der Waals surface area (Å²) in [7, 11) is 0. The van der Waals surface area contributed by atoms with Gasteiger partial charge in [-0.05, 0) is 32.2 Å². The average molecular weight is 433 g/mol. The van der Waals surface area contributed by atoms with Crippen LogP contribution in [0.15, 0.2) is 0 Å². The van der Waals surface area contributed by atoms with E-state index in [2.05, 4.69) is 16.7 Å². The Bertz CT molecular complexity index is 450. The van der Waals surface area contributed by atoms with E-state index in [1.165, 1.54) is 167 Å². The summed E-state index contributed by atoms with van der Waals surface area (Å²) in [6, 6.07) is 0. The smallest absolute Gasteiger partial charge is 0.0779 e. The minimum atomic E-state index is 0.518. The van der Waals surface area contributed by atoms with Crippen LogP contribution in [0.5, 0.6) is 0 Å². The Morgan fingerprint density at radius 1 is 0.548 bits per heavy atom. The molecular formula is C29H56N2. The molecule has 0 aromatic carbocycles. The number of hydrogen-bond acceptors (Lipinski definition) is 2. The average Bonchev–Trinajstić information content (AvgIpc) is 3.01. The standard InChI is InChI=1S/C29H56N2/c1-2-3-4-5-6-7-8-9-10-11-12-13-14-15-16-18-22-28-27-31-26-21-25-30-24-20-17-19-23-29(28,30)31/h28H,2-27H2,1H3. The van der Waals surface area contributed by atoms with Crippen molar-refractivity contribution in [1.29, 1.82) is 0 Å². The Morgan fingerprint density at radius 2 is 1.06 bits per heavy atom. The van der Waals surface area contributed by atoms with E-state index < -0.39 is 0 Å². The molecule has 3 heterocycles. The van der Waals surface area contributed by atoms with Crippen LogP contribution in [0.25, 0.3) is 0 Å². The van der Waals surface area contributed by atoms with E-state index in [1.807, 2.05) is 0 Å². The lowest BCUT2D eigenvalue weighted by Crippen LogP contribution is -2.77. The lowest BCUT2D eigenvalue weighted by atomic mass is 9.72. The molecule has 2 atom stereocenters. The van der Waals surface area contributed by atoms with Crippen LogP contribution >= 0.6 is 0 Å². The summed E-state index contributed by atoms with van der Waals surface area (Å²) in [5.74, 6) is 0.984. The van der Waals surface area contributed by atoms with E-state index in [4.69, 9.17) is 0 Å². The predicted molar refractivity (Wildman–Crippen MR) is 137 cm³/mol. The van der Waals surface area contributed by atoms with Gasteiger partial charge in [-0.15, -0.1) is 0 Å². The van der Waals surface area contributed by atoms with Crippen molar-refractivity contribution in [3.8, 4) is 0 Å². The molecular weight excluding hydrogens is 376 g/mol. The highest BCUT2D eigenvalue weighted by molar-refractivity contribution is 5.08. The van der Waals surface area contributed by atoms with Crippen molar-refractivity contribution in [2.24, 2.45) is 5.92 Å². The van der Waals surface area contributed by atoms with Gasteiger partial charge >= 0.3 is 0 Å². The second-order valence-corrected chi connectivity index (χ2v) is 11.3. The highest BCUT2D eigenvalue weighted by Gasteiger charge is 2.57. The molecule has 0 amide bonds. The number of unbranched alkanes of at least 4 members (excludes halogenated alkanes) is 15. The highest BCUT2D eigenvalue weighted by Crippen LogP contribution is 2.49. The second-order valence-electron chi connectivity index (χ2n) is 11.3. The summed E-state index contributed by atoms with van der Waals surface area (Å²) in [6.45, 7) is 7.86. The predicted octanol–water partition coefficient (Wildman–Crippen LogP) is 8.55. The van der Waals surface area contributed by atoms with Gasteiger partial charge in [-0.2, -0.15) is 0 Å². The molecule has 2 nitrogen and oxygen atoms in total. The molecule has 3 aliphatic rings. The van der Waals surface area contributed by atoms with Crippen LogP contribution in [-0.2, 0) is 0 Å². The molecule has 2 heteroatoms. The van der Waals surface area contributed by atoms with Crippen LogP contribution in [0.3, 0.4) is 0 Å². The van der Waals surface area contributed by atoms with E-state index in [0.717, 1.165) is 5.92 Å². The summed E-state index contributed by atoms with van der Waals surface area (Å²) in [4.78, 5) is 5.79. The zero-order valence-corrected chi connectivity index (χ0v) is 21.4. The third-order valence-corrected chi connectivity index (χ3v) is 8.92. The first-order valence-electron chi connectivity index (χ1n) is 14.9. The molecule has 3 aliphatic heterocycles. The van der Waals surface area contributed by atoms with E-state index in [-0.39, 0.29) is 0 Å². The molecule has 3 rings (SSSR count). The Morgan fingerprint density at radius 3 is 1.68 bits per heavy atom. The molecule has 0 aromatic heterocycles. The van der Waals surface area contributed by atoms with Gasteiger partial charge in [0.1, 0.15) is 0 Å². The van der Waals surface area contributed by atoms with Gasteiger partial charge < -0.3 is 0 Å².